The van der Waals surface area contributed by atoms with Crippen molar-refractivity contribution >= 4 is 23.6 Å². The number of rotatable bonds is 8. The zero-order valence-electron chi connectivity index (χ0n) is 9.93. The van der Waals surface area contributed by atoms with Gasteiger partial charge in [0.2, 0.25) is 5.91 Å². The first-order chi connectivity index (χ1) is 7.49. The van der Waals surface area contributed by atoms with Gasteiger partial charge in [0.25, 0.3) is 0 Å². The topological polar surface area (TPSA) is 66.8 Å². The highest BCUT2D eigenvalue weighted by Gasteiger charge is 2.16. The summed E-state index contributed by atoms with van der Waals surface area (Å²) >= 11 is 1.12. The fourth-order valence-electron chi connectivity index (χ4n) is 1.17. The maximum absolute atomic E-state index is 11.7. The largest absolute Gasteiger partial charge is 0.481 e. The molecule has 1 amide bonds. The van der Waals surface area contributed by atoms with Crippen molar-refractivity contribution in [1.82, 2.24) is 4.90 Å². The van der Waals surface area contributed by atoms with E-state index in [1.54, 1.807) is 12.0 Å². The molecule has 0 radical (unpaired) electrons. The first kappa shape index (κ1) is 15.2. The van der Waals surface area contributed by atoms with Crippen molar-refractivity contribution in [2.24, 2.45) is 0 Å². The zero-order valence-corrected chi connectivity index (χ0v) is 10.7. The lowest BCUT2D eigenvalue weighted by atomic mass is 10.3. The smallest absolute Gasteiger partial charge is 0.313 e. The van der Waals surface area contributed by atoms with Gasteiger partial charge in [0.1, 0.15) is 0 Å². The molecular formula is C10H19NO4S. The predicted molar refractivity (Wildman–Crippen MR) is 63.7 cm³/mol. The standard InChI is InChI=1S/C10H19NO4S/c1-8(2)11(4-5-15-3)9(12)6-16-7-10(13)14/h8H,4-7H2,1-3H3,(H,13,14). The minimum absolute atomic E-state index is 0.0397. The number of carboxylic acids is 1. The van der Waals surface area contributed by atoms with Gasteiger partial charge in [0.15, 0.2) is 0 Å². The third-order valence-corrected chi connectivity index (χ3v) is 2.83. The molecule has 0 spiro atoms. The van der Waals surface area contributed by atoms with Crippen molar-refractivity contribution in [3.8, 4) is 0 Å². The molecule has 0 aromatic carbocycles. The molecule has 0 rings (SSSR count). The van der Waals surface area contributed by atoms with Gasteiger partial charge in [-0.15, -0.1) is 11.8 Å². The molecule has 94 valence electrons. The Morgan fingerprint density at radius 3 is 2.44 bits per heavy atom. The molecule has 0 heterocycles. The van der Waals surface area contributed by atoms with Gasteiger partial charge >= 0.3 is 5.97 Å². The van der Waals surface area contributed by atoms with Crippen molar-refractivity contribution in [2.75, 3.05) is 31.8 Å². The number of carbonyl (C=O) groups excluding carboxylic acids is 1. The quantitative estimate of drug-likeness (QED) is 0.685. The predicted octanol–water partition coefficient (Wildman–Crippen LogP) is 0.688. The van der Waals surface area contributed by atoms with Crippen LogP contribution >= 0.6 is 11.8 Å². The summed E-state index contributed by atoms with van der Waals surface area (Å²) in [5, 5.41) is 8.45. The van der Waals surface area contributed by atoms with Gasteiger partial charge in [-0.05, 0) is 13.8 Å². The molecule has 0 saturated carbocycles. The van der Waals surface area contributed by atoms with Crippen LogP contribution in [0, 0.1) is 0 Å². The van der Waals surface area contributed by atoms with Gasteiger partial charge in [0.05, 0.1) is 18.1 Å². The Hall–Kier alpha value is -0.750. The van der Waals surface area contributed by atoms with Crippen LogP contribution in [0.3, 0.4) is 0 Å². The third-order valence-electron chi connectivity index (χ3n) is 1.93. The van der Waals surface area contributed by atoms with Crippen molar-refractivity contribution < 1.29 is 19.4 Å². The first-order valence-electron chi connectivity index (χ1n) is 5.07. The maximum atomic E-state index is 11.7. The first-order valence-corrected chi connectivity index (χ1v) is 6.22. The van der Waals surface area contributed by atoms with Gasteiger partial charge in [0, 0.05) is 19.7 Å². The zero-order chi connectivity index (χ0) is 12.6. The summed E-state index contributed by atoms with van der Waals surface area (Å²) < 4.78 is 4.92. The number of nitrogens with zero attached hydrogens (tertiary/aromatic N) is 1. The SMILES string of the molecule is COCCN(C(=O)CSCC(=O)O)C(C)C. The average molecular weight is 249 g/mol. The number of hydrogen-bond donors (Lipinski definition) is 1. The summed E-state index contributed by atoms with van der Waals surface area (Å²) in [4.78, 5) is 23.7. The summed E-state index contributed by atoms with van der Waals surface area (Å²) in [7, 11) is 1.59. The fourth-order valence-corrected chi connectivity index (χ4v) is 1.79. The Kier molecular flexibility index (Phi) is 8.01. The van der Waals surface area contributed by atoms with E-state index >= 15 is 0 Å². The number of ether oxygens (including phenoxy) is 1. The second kappa shape index (κ2) is 8.41. The number of carbonyl (C=O) groups is 2. The Morgan fingerprint density at radius 2 is 2.00 bits per heavy atom. The molecule has 0 saturated heterocycles. The van der Waals surface area contributed by atoms with Crippen LogP contribution in [0.15, 0.2) is 0 Å². The minimum atomic E-state index is -0.897. The Bertz CT molecular complexity index is 233. The lowest BCUT2D eigenvalue weighted by Gasteiger charge is -2.26. The van der Waals surface area contributed by atoms with Gasteiger partial charge in [-0.2, -0.15) is 0 Å². The Labute approximate surface area is 100 Å². The summed E-state index contributed by atoms with van der Waals surface area (Å²) in [6, 6.07) is 0.105. The minimum Gasteiger partial charge on any atom is -0.481 e. The van der Waals surface area contributed by atoms with Crippen LogP contribution in [-0.4, -0.2) is 59.7 Å². The van der Waals surface area contributed by atoms with Gasteiger partial charge in [-0.25, -0.2) is 0 Å². The van der Waals surface area contributed by atoms with E-state index in [0.717, 1.165) is 11.8 Å². The number of thioether (sulfide) groups is 1. The number of amides is 1. The van der Waals surface area contributed by atoms with Crippen LogP contribution in [0.25, 0.3) is 0 Å². The normalized spacial score (nSPS) is 10.5. The lowest BCUT2D eigenvalue weighted by Crippen LogP contribution is -2.40. The number of hydrogen-bond acceptors (Lipinski definition) is 4. The molecular weight excluding hydrogens is 230 g/mol. The average Bonchev–Trinajstić information content (AvgIpc) is 2.17. The Morgan fingerprint density at radius 1 is 1.38 bits per heavy atom. The number of carboxylic acid groups (broad SMARTS) is 1. The van der Waals surface area contributed by atoms with Crippen LogP contribution in [0.1, 0.15) is 13.8 Å². The highest BCUT2D eigenvalue weighted by Crippen LogP contribution is 2.05. The number of aliphatic carboxylic acids is 1. The van der Waals surface area contributed by atoms with E-state index in [9.17, 15) is 9.59 Å². The highest BCUT2D eigenvalue weighted by molar-refractivity contribution is 8.00. The molecule has 0 aliphatic carbocycles. The molecule has 0 aromatic rings. The molecule has 0 atom stereocenters. The van der Waals surface area contributed by atoms with Crippen LogP contribution in [0.2, 0.25) is 0 Å². The van der Waals surface area contributed by atoms with Crippen LogP contribution in [0.4, 0.5) is 0 Å². The van der Waals surface area contributed by atoms with E-state index in [4.69, 9.17) is 9.84 Å². The van der Waals surface area contributed by atoms with E-state index in [-0.39, 0.29) is 23.5 Å². The second-order valence-electron chi connectivity index (χ2n) is 3.56. The Balaban J connectivity index is 4.01. The van der Waals surface area contributed by atoms with Crippen molar-refractivity contribution in [3.05, 3.63) is 0 Å². The molecule has 0 bridgehead atoms. The van der Waals surface area contributed by atoms with Gasteiger partial charge < -0.3 is 14.7 Å². The molecule has 16 heavy (non-hydrogen) atoms. The van der Waals surface area contributed by atoms with E-state index < -0.39 is 5.97 Å². The van der Waals surface area contributed by atoms with Crippen LogP contribution in [-0.2, 0) is 14.3 Å². The highest BCUT2D eigenvalue weighted by atomic mass is 32.2. The second-order valence-corrected chi connectivity index (χ2v) is 4.55. The molecule has 0 aliphatic heterocycles. The summed E-state index contributed by atoms with van der Waals surface area (Å²) in [5.41, 5.74) is 0. The molecule has 0 aromatic heterocycles. The van der Waals surface area contributed by atoms with E-state index in [0.29, 0.717) is 13.2 Å². The molecule has 0 fully saturated rings. The van der Waals surface area contributed by atoms with E-state index in [1.807, 2.05) is 13.8 Å². The maximum Gasteiger partial charge on any atom is 0.313 e. The third kappa shape index (κ3) is 6.68. The lowest BCUT2D eigenvalue weighted by molar-refractivity contribution is -0.133. The monoisotopic (exact) mass is 249 g/mol. The van der Waals surface area contributed by atoms with E-state index in [1.165, 1.54) is 0 Å². The molecule has 5 nitrogen and oxygen atoms in total. The van der Waals surface area contributed by atoms with Crippen molar-refractivity contribution in [3.63, 3.8) is 0 Å². The summed E-state index contributed by atoms with van der Waals surface area (Å²) in [6.07, 6.45) is 0. The fraction of sp³-hybridized carbons (Fsp3) is 0.800. The van der Waals surface area contributed by atoms with Crippen molar-refractivity contribution in [1.29, 1.82) is 0 Å². The molecule has 0 unspecified atom stereocenters. The van der Waals surface area contributed by atoms with Gasteiger partial charge in [-0.1, -0.05) is 0 Å². The van der Waals surface area contributed by atoms with Crippen LogP contribution in [0.5, 0.6) is 0 Å². The van der Waals surface area contributed by atoms with Crippen LogP contribution < -0.4 is 0 Å². The van der Waals surface area contributed by atoms with E-state index in [2.05, 4.69) is 0 Å². The molecule has 1 N–H and O–H groups in total. The number of methoxy groups -OCH3 is 1. The molecule has 6 heteroatoms. The molecule has 0 aliphatic rings. The summed E-state index contributed by atoms with van der Waals surface area (Å²) in [6.45, 7) is 4.89. The van der Waals surface area contributed by atoms with Gasteiger partial charge in [-0.3, -0.25) is 9.59 Å². The van der Waals surface area contributed by atoms with Crippen molar-refractivity contribution in [2.45, 2.75) is 19.9 Å². The summed E-state index contributed by atoms with van der Waals surface area (Å²) in [5.74, 6) is -0.778.